The van der Waals surface area contributed by atoms with Crippen LogP contribution in [-0.2, 0) is 0 Å². The van der Waals surface area contributed by atoms with Crippen molar-refractivity contribution in [2.45, 2.75) is 26.0 Å². The highest BCUT2D eigenvalue weighted by Crippen LogP contribution is 2.16. The summed E-state index contributed by atoms with van der Waals surface area (Å²) in [5, 5.41) is 13.3. The Morgan fingerprint density at radius 1 is 1.28 bits per heavy atom. The fourth-order valence-corrected chi connectivity index (χ4v) is 3.23. The Morgan fingerprint density at radius 3 is 2.56 bits per heavy atom. The second-order valence-corrected chi connectivity index (χ2v) is 7.17. The first-order chi connectivity index (χ1) is 11.9. The standard InChI is InChI=1S/C19H32N4O2/c1-15-7-5-6-8-18(15)16(2)20-19(25)22(4)13-17(24)14-23-11-9-21(3)10-12-23/h5-8,16-17,24H,9-14H2,1-4H3,(H,20,25). The molecule has 140 valence electrons. The van der Waals surface area contributed by atoms with Gasteiger partial charge in [0.25, 0.3) is 0 Å². The number of hydrogen-bond donors (Lipinski definition) is 2. The summed E-state index contributed by atoms with van der Waals surface area (Å²) in [7, 11) is 3.84. The van der Waals surface area contributed by atoms with E-state index in [-0.39, 0.29) is 12.1 Å². The van der Waals surface area contributed by atoms with Gasteiger partial charge in [0.2, 0.25) is 0 Å². The number of carbonyl (C=O) groups is 1. The Kier molecular flexibility index (Phi) is 7.23. The Labute approximate surface area is 151 Å². The Balaban J connectivity index is 1.78. The molecule has 1 aromatic carbocycles. The van der Waals surface area contributed by atoms with Crippen LogP contribution in [0.4, 0.5) is 4.79 Å². The van der Waals surface area contributed by atoms with E-state index >= 15 is 0 Å². The first-order valence-corrected chi connectivity index (χ1v) is 9.03. The second-order valence-electron chi connectivity index (χ2n) is 7.17. The molecule has 2 N–H and O–H groups in total. The molecule has 6 nitrogen and oxygen atoms in total. The summed E-state index contributed by atoms with van der Waals surface area (Å²) < 4.78 is 0. The monoisotopic (exact) mass is 348 g/mol. The van der Waals surface area contributed by atoms with Gasteiger partial charge in [-0.3, -0.25) is 4.90 Å². The van der Waals surface area contributed by atoms with Crippen molar-refractivity contribution in [3.8, 4) is 0 Å². The molecule has 0 spiro atoms. The molecular weight excluding hydrogens is 316 g/mol. The van der Waals surface area contributed by atoms with Crippen molar-refractivity contribution in [3.63, 3.8) is 0 Å². The van der Waals surface area contributed by atoms with Crippen LogP contribution >= 0.6 is 0 Å². The van der Waals surface area contributed by atoms with Gasteiger partial charge in [-0.2, -0.15) is 0 Å². The van der Waals surface area contributed by atoms with Crippen LogP contribution in [0.2, 0.25) is 0 Å². The number of carbonyl (C=O) groups excluding carboxylic acids is 1. The highest BCUT2D eigenvalue weighted by atomic mass is 16.3. The van der Waals surface area contributed by atoms with Crippen molar-refractivity contribution >= 4 is 6.03 Å². The quantitative estimate of drug-likeness (QED) is 0.814. The number of nitrogens with one attached hydrogen (secondary N) is 1. The summed E-state index contributed by atoms with van der Waals surface area (Å²) in [6, 6.07) is 7.83. The van der Waals surface area contributed by atoms with E-state index in [1.165, 1.54) is 0 Å². The molecule has 2 unspecified atom stereocenters. The molecule has 0 saturated carbocycles. The maximum atomic E-state index is 12.4. The van der Waals surface area contributed by atoms with Crippen LogP contribution in [0.1, 0.15) is 24.1 Å². The summed E-state index contributed by atoms with van der Waals surface area (Å²) >= 11 is 0. The molecule has 1 aromatic rings. The van der Waals surface area contributed by atoms with Gasteiger partial charge in [0, 0.05) is 46.3 Å². The smallest absolute Gasteiger partial charge is 0.317 e. The van der Waals surface area contributed by atoms with E-state index in [1.54, 1.807) is 11.9 Å². The van der Waals surface area contributed by atoms with E-state index in [4.69, 9.17) is 0 Å². The zero-order chi connectivity index (χ0) is 18.4. The lowest BCUT2D eigenvalue weighted by Gasteiger charge is -2.34. The Morgan fingerprint density at radius 2 is 1.92 bits per heavy atom. The minimum atomic E-state index is -0.534. The molecule has 0 radical (unpaired) electrons. The van der Waals surface area contributed by atoms with E-state index in [0.29, 0.717) is 13.1 Å². The molecule has 1 fully saturated rings. The molecule has 1 saturated heterocycles. The van der Waals surface area contributed by atoms with E-state index < -0.39 is 6.10 Å². The molecule has 1 aliphatic rings. The van der Waals surface area contributed by atoms with Crippen LogP contribution in [-0.4, -0.2) is 85.3 Å². The molecule has 1 aliphatic heterocycles. The van der Waals surface area contributed by atoms with Crippen molar-refractivity contribution in [3.05, 3.63) is 35.4 Å². The Hall–Kier alpha value is -1.63. The van der Waals surface area contributed by atoms with Crippen LogP contribution in [0.15, 0.2) is 24.3 Å². The number of piperazine rings is 1. The Bertz CT molecular complexity index is 558. The van der Waals surface area contributed by atoms with Crippen molar-refractivity contribution in [1.29, 1.82) is 0 Å². The normalized spacial score (nSPS) is 18.6. The third-order valence-electron chi connectivity index (χ3n) is 4.89. The molecule has 2 rings (SSSR count). The lowest BCUT2D eigenvalue weighted by molar-refractivity contribution is 0.0655. The van der Waals surface area contributed by atoms with Crippen molar-refractivity contribution < 1.29 is 9.90 Å². The number of nitrogens with zero attached hydrogens (tertiary/aromatic N) is 3. The minimum absolute atomic E-state index is 0.0640. The molecule has 0 aliphatic carbocycles. The van der Waals surface area contributed by atoms with Crippen LogP contribution in [0.3, 0.4) is 0 Å². The highest BCUT2D eigenvalue weighted by molar-refractivity contribution is 5.74. The topological polar surface area (TPSA) is 59.1 Å². The van der Waals surface area contributed by atoms with Crippen molar-refractivity contribution in [2.24, 2.45) is 0 Å². The molecule has 6 heteroatoms. The summed E-state index contributed by atoms with van der Waals surface area (Å²) in [6.45, 7) is 8.95. The van der Waals surface area contributed by atoms with E-state index in [9.17, 15) is 9.90 Å². The van der Waals surface area contributed by atoms with Crippen molar-refractivity contribution in [2.75, 3.05) is 53.4 Å². The number of β-amino-alcohol motifs (C(OH)–C–C–N with tert-alkyl or cyclic N) is 1. The number of urea groups is 1. The number of benzene rings is 1. The third kappa shape index (κ3) is 5.99. The van der Waals surface area contributed by atoms with Crippen LogP contribution in [0.25, 0.3) is 0 Å². The summed E-state index contributed by atoms with van der Waals surface area (Å²) in [5.41, 5.74) is 2.27. The molecular formula is C19H32N4O2. The molecule has 1 heterocycles. The number of likely N-dealkylation sites (N-methyl/N-ethyl adjacent to an activating group) is 2. The predicted molar refractivity (Wildman–Crippen MR) is 101 cm³/mol. The lowest BCUT2D eigenvalue weighted by Crippen LogP contribution is -2.49. The number of amides is 2. The zero-order valence-electron chi connectivity index (χ0n) is 15.9. The van der Waals surface area contributed by atoms with Gasteiger partial charge in [-0.15, -0.1) is 0 Å². The fraction of sp³-hybridized carbons (Fsp3) is 0.632. The lowest BCUT2D eigenvalue weighted by atomic mass is 10.0. The van der Waals surface area contributed by atoms with Gasteiger partial charge < -0.3 is 20.2 Å². The van der Waals surface area contributed by atoms with Gasteiger partial charge in [-0.05, 0) is 32.0 Å². The maximum Gasteiger partial charge on any atom is 0.317 e. The van der Waals surface area contributed by atoms with Crippen LogP contribution < -0.4 is 5.32 Å². The molecule has 25 heavy (non-hydrogen) atoms. The number of aliphatic hydroxyl groups is 1. The molecule has 0 aromatic heterocycles. The van der Waals surface area contributed by atoms with Crippen LogP contribution in [0.5, 0.6) is 0 Å². The second kappa shape index (κ2) is 9.17. The number of rotatable bonds is 6. The predicted octanol–water partition coefficient (Wildman–Crippen LogP) is 1.31. The maximum absolute atomic E-state index is 12.4. The fourth-order valence-electron chi connectivity index (χ4n) is 3.23. The summed E-state index contributed by atoms with van der Waals surface area (Å²) in [4.78, 5) is 18.5. The van der Waals surface area contributed by atoms with Gasteiger partial charge in [0.1, 0.15) is 0 Å². The zero-order valence-corrected chi connectivity index (χ0v) is 15.9. The van der Waals surface area contributed by atoms with Gasteiger partial charge >= 0.3 is 6.03 Å². The van der Waals surface area contributed by atoms with Crippen molar-refractivity contribution in [1.82, 2.24) is 20.0 Å². The van der Waals surface area contributed by atoms with Gasteiger partial charge in [0.05, 0.1) is 12.1 Å². The minimum Gasteiger partial charge on any atom is -0.390 e. The van der Waals surface area contributed by atoms with E-state index in [0.717, 1.165) is 37.3 Å². The van der Waals surface area contributed by atoms with Gasteiger partial charge in [-0.25, -0.2) is 4.79 Å². The highest BCUT2D eigenvalue weighted by Gasteiger charge is 2.20. The SMILES string of the molecule is Cc1ccccc1C(C)NC(=O)N(C)CC(O)CN1CCN(C)CC1. The van der Waals surface area contributed by atoms with Gasteiger partial charge in [0.15, 0.2) is 0 Å². The summed E-state index contributed by atoms with van der Waals surface area (Å²) in [5.74, 6) is 0. The first-order valence-electron chi connectivity index (χ1n) is 9.03. The summed E-state index contributed by atoms with van der Waals surface area (Å²) in [6.07, 6.45) is -0.534. The first kappa shape index (κ1) is 19.7. The molecule has 2 amide bonds. The van der Waals surface area contributed by atoms with E-state index in [2.05, 4.69) is 22.2 Å². The average molecular weight is 348 g/mol. The number of aryl methyl sites for hydroxylation is 1. The average Bonchev–Trinajstić information content (AvgIpc) is 2.57. The van der Waals surface area contributed by atoms with Gasteiger partial charge in [-0.1, -0.05) is 24.3 Å². The molecule has 0 bridgehead atoms. The van der Waals surface area contributed by atoms with E-state index in [1.807, 2.05) is 38.1 Å². The third-order valence-corrected chi connectivity index (χ3v) is 4.89. The van der Waals surface area contributed by atoms with Crippen LogP contribution in [0, 0.1) is 6.92 Å². The molecule has 2 atom stereocenters. The number of aliphatic hydroxyl groups excluding tert-OH is 1. The number of hydrogen-bond acceptors (Lipinski definition) is 4. The largest absolute Gasteiger partial charge is 0.390 e.